The molecule has 0 unspecified atom stereocenters. The first-order chi connectivity index (χ1) is 16.9. The fraction of sp³-hybridized carbons (Fsp3) is 0.308. The molecule has 0 aliphatic rings. The third-order valence-electron chi connectivity index (χ3n) is 5.92. The minimum absolute atomic E-state index is 0.473. The molecule has 0 spiro atoms. The van der Waals surface area contributed by atoms with Gasteiger partial charge in [0, 0.05) is 57.1 Å². The molecular weight excluding hydrogens is 442 g/mol. The lowest BCUT2D eigenvalue weighted by atomic mass is 10.2. The Hall–Kier alpha value is -3.98. The van der Waals surface area contributed by atoms with Gasteiger partial charge in [0.15, 0.2) is 0 Å². The molecule has 35 heavy (non-hydrogen) atoms. The first kappa shape index (κ1) is 24.2. The standard InChI is InChI=1S/C26H33N7O2/c1-27-20-16-21(24(35-6)17-23(20)32(4)14-13-31(2)3)29-26-28-11-9-25(30-26)33-12-10-18-7-8-19(34-5)15-22(18)33/h7-12,15-17,27H,13-14H2,1-6H3,(H,28,29,30). The number of nitrogens with zero attached hydrogens (tertiary/aromatic N) is 5. The van der Waals surface area contributed by atoms with Crippen molar-refractivity contribution in [1.82, 2.24) is 19.4 Å². The first-order valence-electron chi connectivity index (χ1n) is 11.4. The molecule has 0 saturated carbocycles. The van der Waals surface area contributed by atoms with E-state index in [1.807, 2.05) is 54.2 Å². The van der Waals surface area contributed by atoms with E-state index in [0.29, 0.717) is 11.7 Å². The van der Waals surface area contributed by atoms with Crippen LogP contribution >= 0.6 is 0 Å². The van der Waals surface area contributed by atoms with Gasteiger partial charge in [-0.1, -0.05) is 0 Å². The summed E-state index contributed by atoms with van der Waals surface area (Å²) in [5.74, 6) is 2.73. The van der Waals surface area contributed by atoms with Crippen molar-refractivity contribution in [3.8, 4) is 17.3 Å². The van der Waals surface area contributed by atoms with Crippen molar-refractivity contribution < 1.29 is 9.47 Å². The maximum absolute atomic E-state index is 5.72. The van der Waals surface area contributed by atoms with Crippen molar-refractivity contribution in [2.45, 2.75) is 0 Å². The number of likely N-dealkylation sites (N-methyl/N-ethyl adjacent to an activating group) is 2. The van der Waals surface area contributed by atoms with Gasteiger partial charge in [0.1, 0.15) is 17.3 Å². The monoisotopic (exact) mass is 475 g/mol. The highest BCUT2D eigenvalue weighted by Gasteiger charge is 2.15. The molecule has 0 aliphatic carbocycles. The van der Waals surface area contributed by atoms with E-state index in [1.54, 1.807) is 20.4 Å². The van der Waals surface area contributed by atoms with Crippen molar-refractivity contribution in [1.29, 1.82) is 0 Å². The van der Waals surface area contributed by atoms with Gasteiger partial charge in [-0.25, -0.2) is 4.98 Å². The molecule has 4 rings (SSSR count). The van der Waals surface area contributed by atoms with Crippen LogP contribution in [0, 0.1) is 0 Å². The summed E-state index contributed by atoms with van der Waals surface area (Å²) in [6.45, 7) is 1.83. The Kier molecular flexibility index (Phi) is 7.26. The van der Waals surface area contributed by atoms with Crippen LogP contribution in [0.1, 0.15) is 0 Å². The number of hydrogen-bond donors (Lipinski definition) is 2. The van der Waals surface area contributed by atoms with Gasteiger partial charge in [-0.2, -0.15) is 4.98 Å². The van der Waals surface area contributed by atoms with Gasteiger partial charge in [0.25, 0.3) is 0 Å². The van der Waals surface area contributed by atoms with Crippen LogP contribution in [0.2, 0.25) is 0 Å². The van der Waals surface area contributed by atoms with E-state index < -0.39 is 0 Å². The Labute approximate surface area is 206 Å². The number of benzene rings is 2. The second-order valence-electron chi connectivity index (χ2n) is 8.52. The van der Waals surface area contributed by atoms with E-state index in [0.717, 1.165) is 52.6 Å². The molecule has 0 atom stereocenters. The van der Waals surface area contributed by atoms with Crippen LogP contribution in [0.5, 0.6) is 11.5 Å². The summed E-state index contributed by atoms with van der Waals surface area (Å²) in [5, 5.41) is 7.74. The summed E-state index contributed by atoms with van der Waals surface area (Å²) in [7, 11) is 11.5. The number of methoxy groups -OCH3 is 2. The van der Waals surface area contributed by atoms with Gasteiger partial charge in [0.2, 0.25) is 5.95 Å². The molecular formula is C26H33N7O2. The summed E-state index contributed by atoms with van der Waals surface area (Å²) >= 11 is 0. The topological polar surface area (TPSA) is 79.7 Å². The maximum atomic E-state index is 5.72. The Balaban J connectivity index is 1.65. The third kappa shape index (κ3) is 5.25. The zero-order valence-corrected chi connectivity index (χ0v) is 21.2. The van der Waals surface area contributed by atoms with Crippen LogP contribution in [-0.4, -0.2) is 74.9 Å². The molecule has 184 valence electrons. The van der Waals surface area contributed by atoms with Crippen LogP contribution in [-0.2, 0) is 0 Å². The van der Waals surface area contributed by atoms with E-state index in [1.165, 1.54) is 0 Å². The molecule has 9 nitrogen and oxygen atoms in total. The van der Waals surface area contributed by atoms with Crippen molar-refractivity contribution in [2.75, 3.05) is 71.0 Å². The van der Waals surface area contributed by atoms with Gasteiger partial charge in [-0.05, 0) is 44.4 Å². The number of hydrogen-bond acceptors (Lipinski definition) is 8. The highest BCUT2D eigenvalue weighted by atomic mass is 16.5. The van der Waals surface area contributed by atoms with Gasteiger partial charge in [-0.3, -0.25) is 0 Å². The van der Waals surface area contributed by atoms with E-state index >= 15 is 0 Å². The third-order valence-corrected chi connectivity index (χ3v) is 5.92. The van der Waals surface area contributed by atoms with Crippen molar-refractivity contribution in [3.05, 3.63) is 54.9 Å². The first-order valence-corrected chi connectivity index (χ1v) is 11.4. The van der Waals surface area contributed by atoms with E-state index in [-0.39, 0.29) is 0 Å². The fourth-order valence-corrected chi connectivity index (χ4v) is 3.92. The SMILES string of the molecule is CNc1cc(Nc2nccc(-n3ccc4ccc(OC)cc43)n2)c(OC)cc1N(C)CCN(C)C. The van der Waals surface area contributed by atoms with Crippen molar-refractivity contribution >= 4 is 33.9 Å². The predicted molar refractivity (Wildman–Crippen MR) is 143 cm³/mol. The zero-order chi connectivity index (χ0) is 24.9. The quantitative estimate of drug-likeness (QED) is 0.353. The number of aromatic nitrogens is 3. The highest BCUT2D eigenvalue weighted by Crippen LogP contribution is 2.37. The van der Waals surface area contributed by atoms with Crippen LogP contribution in [0.25, 0.3) is 16.7 Å². The molecule has 0 radical (unpaired) electrons. The van der Waals surface area contributed by atoms with E-state index in [2.05, 4.69) is 52.6 Å². The normalized spacial score (nSPS) is 11.1. The molecule has 0 saturated heterocycles. The molecule has 0 amide bonds. The minimum Gasteiger partial charge on any atom is -0.497 e. The van der Waals surface area contributed by atoms with Crippen molar-refractivity contribution in [3.63, 3.8) is 0 Å². The van der Waals surface area contributed by atoms with Crippen LogP contribution in [0.4, 0.5) is 23.0 Å². The molecule has 2 aromatic carbocycles. The Morgan fingerprint density at radius 1 is 0.943 bits per heavy atom. The van der Waals surface area contributed by atoms with E-state index in [9.17, 15) is 0 Å². The molecule has 0 bridgehead atoms. The average molecular weight is 476 g/mol. The number of anilines is 4. The number of ether oxygens (including phenoxy) is 2. The second-order valence-corrected chi connectivity index (χ2v) is 8.52. The summed E-state index contributed by atoms with van der Waals surface area (Å²) < 4.78 is 13.1. The second kappa shape index (κ2) is 10.5. The van der Waals surface area contributed by atoms with Crippen LogP contribution in [0.15, 0.2) is 54.9 Å². The molecule has 0 aliphatic heterocycles. The lowest BCUT2D eigenvalue weighted by molar-refractivity contribution is 0.413. The van der Waals surface area contributed by atoms with Crippen LogP contribution < -0.4 is 25.0 Å². The molecule has 2 N–H and O–H groups in total. The summed E-state index contributed by atoms with van der Waals surface area (Å²) in [5.41, 5.74) is 3.82. The maximum Gasteiger partial charge on any atom is 0.229 e. The lowest BCUT2D eigenvalue weighted by Crippen LogP contribution is -2.29. The lowest BCUT2D eigenvalue weighted by Gasteiger charge is -2.25. The van der Waals surface area contributed by atoms with Crippen LogP contribution in [0.3, 0.4) is 0 Å². The Morgan fingerprint density at radius 2 is 1.77 bits per heavy atom. The van der Waals surface area contributed by atoms with Gasteiger partial charge in [-0.15, -0.1) is 0 Å². The molecule has 0 fully saturated rings. The Morgan fingerprint density at radius 3 is 2.49 bits per heavy atom. The predicted octanol–water partition coefficient (Wildman–Crippen LogP) is 4.22. The van der Waals surface area contributed by atoms with Gasteiger partial charge in [0.05, 0.1) is 36.8 Å². The Bertz CT molecular complexity index is 1300. The molecule has 2 aromatic heterocycles. The average Bonchev–Trinajstić information content (AvgIpc) is 3.30. The summed E-state index contributed by atoms with van der Waals surface area (Å²) in [4.78, 5) is 13.6. The molecule has 2 heterocycles. The highest BCUT2D eigenvalue weighted by molar-refractivity contribution is 5.83. The summed E-state index contributed by atoms with van der Waals surface area (Å²) in [6, 6.07) is 14.0. The number of rotatable bonds is 10. The summed E-state index contributed by atoms with van der Waals surface area (Å²) in [6.07, 6.45) is 3.74. The zero-order valence-electron chi connectivity index (χ0n) is 21.2. The minimum atomic E-state index is 0.473. The smallest absolute Gasteiger partial charge is 0.229 e. The number of nitrogens with one attached hydrogen (secondary N) is 2. The van der Waals surface area contributed by atoms with Crippen molar-refractivity contribution in [2.24, 2.45) is 0 Å². The van der Waals surface area contributed by atoms with Gasteiger partial charge >= 0.3 is 0 Å². The molecule has 9 heteroatoms. The van der Waals surface area contributed by atoms with Gasteiger partial charge < -0.3 is 34.5 Å². The number of fused-ring (bicyclic) bond motifs is 1. The molecule has 4 aromatic rings. The largest absolute Gasteiger partial charge is 0.497 e. The van der Waals surface area contributed by atoms with E-state index in [4.69, 9.17) is 14.5 Å². The fourth-order valence-electron chi connectivity index (χ4n) is 3.92.